The number of pyridine rings is 4. The molecule has 4 aliphatic heterocycles. The predicted molar refractivity (Wildman–Crippen MR) is 255 cm³/mol. The van der Waals surface area contributed by atoms with E-state index in [1.807, 2.05) is 24.3 Å². The van der Waals surface area contributed by atoms with Gasteiger partial charge in [0.15, 0.2) is 11.3 Å². The standard InChI is InChI=1S/C25H34BF2N5O3.C24H31F2N5O2/c1-26(35)31-22-17-19(6-11-29-22)3-2-12-32-15-9-25(28,10-16-32)24(34)33-13-7-21(8-14-33)36-23-5-4-20(27)18-30-23;25-19-3-4-22(29-17-19)33-20-6-12-31(13-7-20)23(32)24(26)8-14-30(15-9-24)11-1-2-18-5-10-28-21(27)16-18/h4-6,11,17-18,21,35H,2-3,7-10,12-16H2,1H3,(H,29,31);3-5,10,16-17,20H,1-2,6-9,11-15H2,(H2,27,28). The molecule has 15 nitrogen and oxygen atoms in total. The maximum Gasteiger partial charge on any atom is 0.408 e. The molecule has 0 bridgehead atoms. The lowest BCUT2D eigenvalue weighted by Gasteiger charge is -2.40. The second-order valence-corrected chi connectivity index (χ2v) is 18.6. The zero-order valence-corrected chi connectivity index (χ0v) is 39.5. The monoisotopic (exact) mass is 961 g/mol. The molecule has 8 rings (SSSR count). The number of nitrogens with zero attached hydrogens (tertiary/aromatic N) is 8. The number of rotatable bonds is 16. The van der Waals surface area contributed by atoms with Gasteiger partial charge in [0.1, 0.15) is 35.5 Å². The number of aromatic nitrogens is 4. The van der Waals surface area contributed by atoms with Crippen molar-refractivity contribution in [3.63, 3.8) is 0 Å². The summed E-state index contributed by atoms with van der Waals surface area (Å²) in [6.45, 7) is 7.42. The van der Waals surface area contributed by atoms with Crippen molar-refractivity contribution in [3.05, 3.63) is 96.1 Å². The number of halogens is 4. The van der Waals surface area contributed by atoms with Gasteiger partial charge in [0.25, 0.3) is 11.8 Å². The Hall–Kier alpha value is -5.60. The number of aryl methyl sites for hydroxylation is 2. The highest BCUT2D eigenvalue weighted by Gasteiger charge is 2.46. The van der Waals surface area contributed by atoms with E-state index in [4.69, 9.17) is 15.2 Å². The fourth-order valence-electron chi connectivity index (χ4n) is 9.40. The van der Waals surface area contributed by atoms with Gasteiger partial charge in [-0.05, 0) is 93.1 Å². The number of amides is 2. The molecule has 372 valence electrons. The van der Waals surface area contributed by atoms with E-state index in [1.54, 1.807) is 29.0 Å². The first kappa shape index (κ1) is 51.3. The molecule has 0 radical (unpaired) electrons. The van der Waals surface area contributed by atoms with Crippen LogP contribution in [-0.4, -0.2) is 152 Å². The number of hydrogen-bond acceptors (Lipinski definition) is 13. The fourth-order valence-corrected chi connectivity index (χ4v) is 9.40. The predicted octanol–water partition coefficient (Wildman–Crippen LogP) is 5.95. The average Bonchev–Trinajstić information content (AvgIpc) is 3.34. The van der Waals surface area contributed by atoms with Crippen LogP contribution in [0.15, 0.2) is 73.3 Å². The van der Waals surface area contributed by atoms with E-state index < -0.39 is 41.8 Å². The molecule has 8 heterocycles. The smallest absolute Gasteiger partial charge is 0.408 e. The van der Waals surface area contributed by atoms with Crippen LogP contribution in [0, 0.1) is 11.6 Å². The highest BCUT2D eigenvalue weighted by Crippen LogP contribution is 2.32. The molecule has 0 unspecified atom stereocenters. The zero-order chi connectivity index (χ0) is 48.8. The Bertz CT molecular complexity index is 2240. The van der Waals surface area contributed by atoms with Gasteiger partial charge in [0, 0.05) is 128 Å². The summed E-state index contributed by atoms with van der Waals surface area (Å²) in [5.41, 5.74) is 4.40. The van der Waals surface area contributed by atoms with Gasteiger partial charge in [0.2, 0.25) is 11.8 Å². The number of hydrogen-bond donors (Lipinski definition) is 3. The van der Waals surface area contributed by atoms with E-state index in [-0.39, 0.29) is 37.9 Å². The van der Waals surface area contributed by atoms with Gasteiger partial charge in [-0.3, -0.25) is 9.59 Å². The van der Waals surface area contributed by atoms with Crippen molar-refractivity contribution < 1.29 is 41.6 Å². The van der Waals surface area contributed by atoms with Crippen molar-refractivity contribution in [2.45, 2.75) is 107 Å². The van der Waals surface area contributed by atoms with Crippen molar-refractivity contribution in [1.82, 2.24) is 39.5 Å². The molecule has 0 aliphatic carbocycles. The molecule has 0 saturated carbocycles. The van der Waals surface area contributed by atoms with Crippen LogP contribution < -0.4 is 20.4 Å². The molecule has 0 aromatic carbocycles. The molecule has 4 aromatic heterocycles. The summed E-state index contributed by atoms with van der Waals surface area (Å²) >= 11 is 0. The highest BCUT2D eigenvalue weighted by molar-refractivity contribution is 6.52. The number of likely N-dealkylation sites (tertiary alicyclic amines) is 4. The number of nitrogens with two attached hydrogens (primary N) is 1. The van der Waals surface area contributed by atoms with E-state index in [2.05, 4.69) is 35.0 Å². The van der Waals surface area contributed by atoms with Gasteiger partial charge in [0.05, 0.1) is 12.4 Å². The molecular formula is C49H65BF4N10O5. The molecule has 0 spiro atoms. The summed E-state index contributed by atoms with van der Waals surface area (Å²) in [5, 5.41) is 12.3. The first-order valence-corrected chi connectivity index (χ1v) is 24.3. The van der Waals surface area contributed by atoms with Gasteiger partial charge < -0.3 is 45.1 Å². The topological polar surface area (TPSA) is 175 Å². The third-order valence-corrected chi connectivity index (χ3v) is 13.4. The Balaban J connectivity index is 0.000000205. The Labute approximate surface area is 402 Å². The van der Waals surface area contributed by atoms with E-state index in [0.29, 0.717) is 101 Å². The number of alkyl halides is 2. The SMILES string of the molecule is CB(O)Nc1cc(CCCN2CCC(F)(C(=O)N3CCC(Oc4ccc(F)cn4)CC3)CC2)ccn1.Nc1cc(CCCN2CCC(F)(C(=O)N3CCC(Oc4ccc(F)cn4)CC3)CC2)ccn1. The van der Waals surface area contributed by atoms with E-state index in [0.717, 1.165) is 62.3 Å². The number of anilines is 2. The van der Waals surface area contributed by atoms with E-state index in [1.165, 1.54) is 24.3 Å². The molecule has 4 fully saturated rings. The second kappa shape index (κ2) is 24.3. The Morgan fingerprint density at radius 3 is 1.52 bits per heavy atom. The number of carbonyl (C=O) groups is 2. The summed E-state index contributed by atoms with van der Waals surface area (Å²) in [7, 11) is -0.664. The van der Waals surface area contributed by atoms with Crippen LogP contribution in [0.3, 0.4) is 0 Å². The van der Waals surface area contributed by atoms with Crippen molar-refractivity contribution >= 4 is 30.5 Å². The maximum atomic E-state index is 15.6. The molecule has 0 atom stereocenters. The molecule has 69 heavy (non-hydrogen) atoms. The van der Waals surface area contributed by atoms with Crippen LogP contribution in [0.2, 0.25) is 6.82 Å². The summed E-state index contributed by atoms with van der Waals surface area (Å²) in [4.78, 5) is 49.6. The first-order valence-electron chi connectivity index (χ1n) is 24.3. The third-order valence-electron chi connectivity index (χ3n) is 13.4. The highest BCUT2D eigenvalue weighted by atomic mass is 19.2. The molecule has 4 saturated heterocycles. The van der Waals surface area contributed by atoms with Crippen LogP contribution in [0.5, 0.6) is 11.8 Å². The number of carbonyl (C=O) groups excluding carboxylic acids is 2. The lowest BCUT2D eigenvalue weighted by atomic mass is 9.89. The van der Waals surface area contributed by atoms with Crippen molar-refractivity contribution in [2.75, 3.05) is 76.4 Å². The summed E-state index contributed by atoms with van der Waals surface area (Å²) in [6.07, 6.45) is 12.3. The first-order chi connectivity index (χ1) is 33.2. The molecular weight excluding hydrogens is 895 g/mol. The van der Waals surface area contributed by atoms with Gasteiger partial charge >= 0.3 is 7.05 Å². The minimum Gasteiger partial charge on any atom is -0.474 e. The largest absolute Gasteiger partial charge is 0.474 e. The van der Waals surface area contributed by atoms with Crippen LogP contribution in [0.4, 0.5) is 29.2 Å². The lowest BCUT2D eigenvalue weighted by Crippen LogP contribution is -2.54. The normalized spacial score (nSPS) is 19.0. The van der Waals surface area contributed by atoms with Crippen molar-refractivity contribution in [1.29, 1.82) is 0 Å². The van der Waals surface area contributed by atoms with E-state index >= 15 is 8.78 Å². The number of nitrogen functional groups attached to an aromatic ring is 1. The van der Waals surface area contributed by atoms with Crippen LogP contribution in [-0.2, 0) is 22.4 Å². The summed E-state index contributed by atoms with van der Waals surface area (Å²) in [5.74, 6) is 0.247. The average molecular weight is 961 g/mol. The number of ether oxygens (including phenoxy) is 2. The van der Waals surface area contributed by atoms with Crippen LogP contribution in [0.1, 0.15) is 75.3 Å². The number of piperidine rings is 4. The summed E-state index contributed by atoms with van der Waals surface area (Å²) < 4.78 is 68.7. The second-order valence-electron chi connectivity index (χ2n) is 18.6. The minimum atomic E-state index is -1.81. The van der Waals surface area contributed by atoms with Crippen LogP contribution >= 0.6 is 0 Å². The van der Waals surface area contributed by atoms with Gasteiger partial charge in [-0.1, -0.05) is 0 Å². The summed E-state index contributed by atoms with van der Waals surface area (Å²) in [6, 6.07) is 13.3. The van der Waals surface area contributed by atoms with Gasteiger partial charge in [-0.25, -0.2) is 37.5 Å². The van der Waals surface area contributed by atoms with E-state index in [9.17, 15) is 23.4 Å². The van der Waals surface area contributed by atoms with Gasteiger partial charge in [-0.15, -0.1) is 0 Å². The number of nitrogens with one attached hydrogen (secondary N) is 1. The maximum absolute atomic E-state index is 15.6. The van der Waals surface area contributed by atoms with Crippen LogP contribution in [0.25, 0.3) is 0 Å². The molecule has 4 N–H and O–H groups in total. The van der Waals surface area contributed by atoms with Gasteiger partial charge in [-0.2, -0.15) is 0 Å². The Kier molecular flexibility index (Phi) is 18.1. The fraction of sp³-hybridized carbons (Fsp3) is 0.551. The molecule has 4 aromatic rings. The zero-order valence-electron chi connectivity index (χ0n) is 39.5. The minimum absolute atomic E-state index is 0.111. The molecule has 2 amide bonds. The molecule has 20 heteroatoms. The Morgan fingerprint density at radius 2 is 1.12 bits per heavy atom. The molecule has 4 aliphatic rings. The quantitative estimate of drug-likeness (QED) is 0.0889. The Morgan fingerprint density at radius 1 is 0.681 bits per heavy atom. The van der Waals surface area contributed by atoms with Crippen molar-refractivity contribution in [3.8, 4) is 11.8 Å². The lowest BCUT2D eigenvalue weighted by molar-refractivity contribution is -0.149. The third kappa shape index (κ3) is 15.2. The van der Waals surface area contributed by atoms with Crippen molar-refractivity contribution in [2.24, 2.45) is 0 Å².